The fraction of sp³-hybridized carbons (Fsp3) is 0.633. The van der Waals surface area contributed by atoms with E-state index in [1.807, 2.05) is 6.07 Å². The van der Waals surface area contributed by atoms with E-state index >= 15 is 0 Å². The molecule has 0 spiro atoms. The van der Waals surface area contributed by atoms with E-state index in [2.05, 4.69) is 26.0 Å². The molecule has 1 aliphatic rings. The Labute approximate surface area is 307 Å². The summed E-state index contributed by atoms with van der Waals surface area (Å²) in [5, 5.41) is 15.1. The third-order valence-electron chi connectivity index (χ3n) is 6.75. The molecule has 288 valence electrons. The Hall–Kier alpha value is -4.06. The van der Waals surface area contributed by atoms with E-state index in [1.165, 1.54) is 24.4 Å². The van der Waals surface area contributed by atoms with Gasteiger partial charge in [-0.05, 0) is 49.7 Å². The number of nitrogen functional groups attached to an aromatic ring is 1. The standard InChI is InChI=1S/C30H41BrN5O15P/c1-15(2)26(37)49-22-21(10-44-52(41,45-13-42-28(39)47-17(5)6)46-14-43-29(40)48-18(7)8)51-30(11-32,24(22)50-27(38)16(3)4)23-19(31)9-20-25(33)34-12-35-36(20)23/h9,12,15-18,21-22,24H,10,13-14H2,1-8H3,(H2,33,34,35). The SMILES string of the molecule is CC(C)OC(=O)OCOP(=O)(OCOC(=O)OC(C)C)OCC1OC(C#N)(c2c(Br)cc3c(N)ncnn23)C(OC(=O)C(C)C)C1OC(=O)C(C)C. The number of carbonyl (C=O) groups excluding carboxylic acids is 4. The highest BCUT2D eigenvalue weighted by Crippen LogP contribution is 2.52. The predicted molar refractivity (Wildman–Crippen MR) is 178 cm³/mol. The quantitative estimate of drug-likeness (QED) is 0.106. The van der Waals surface area contributed by atoms with E-state index in [0.717, 1.165) is 6.33 Å². The number of fused-ring (bicyclic) bond motifs is 1. The molecule has 2 aromatic rings. The van der Waals surface area contributed by atoms with Crippen LogP contribution in [0.15, 0.2) is 16.9 Å². The van der Waals surface area contributed by atoms with Gasteiger partial charge in [0, 0.05) is 4.47 Å². The average molecular weight is 823 g/mol. The van der Waals surface area contributed by atoms with Crippen LogP contribution in [-0.4, -0.2) is 89.6 Å². The first kappa shape index (κ1) is 42.4. The van der Waals surface area contributed by atoms with Crippen molar-refractivity contribution in [2.45, 2.75) is 91.5 Å². The molecule has 0 bridgehead atoms. The fourth-order valence-electron chi connectivity index (χ4n) is 4.40. The minimum atomic E-state index is -4.89. The summed E-state index contributed by atoms with van der Waals surface area (Å²) < 4.78 is 68.1. The number of nitrogens with two attached hydrogens (primary N) is 1. The Morgan fingerprint density at radius 2 is 1.50 bits per heavy atom. The molecular weight excluding hydrogens is 781 g/mol. The summed E-state index contributed by atoms with van der Waals surface area (Å²) in [4.78, 5) is 54.0. The lowest BCUT2D eigenvalue weighted by molar-refractivity contribution is -0.173. The highest BCUT2D eigenvalue weighted by molar-refractivity contribution is 9.10. The number of anilines is 1. The zero-order valence-electron chi connectivity index (χ0n) is 29.6. The number of hydrogen-bond donors (Lipinski definition) is 1. The van der Waals surface area contributed by atoms with E-state index in [1.54, 1.807) is 41.5 Å². The van der Waals surface area contributed by atoms with Crippen molar-refractivity contribution < 1.29 is 70.5 Å². The minimum absolute atomic E-state index is 0.0284. The Kier molecular flexibility index (Phi) is 14.8. The summed E-state index contributed by atoms with van der Waals surface area (Å²) >= 11 is 3.40. The zero-order valence-corrected chi connectivity index (χ0v) is 32.1. The monoisotopic (exact) mass is 821 g/mol. The molecule has 1 saturated heterocycles. The van der Waals surface area contributed by atoms with Gasteiger partial charge in [0.05, 0.1) is 30.7 Å². The molecule has 1 aliphatic heterocycles. The molecule has 0 aromatic carbocycles. The topological polar surface area (TPSA) is 258 Å². The van der Waals surface area contributed by atoms with Crippen LogP contribution in [0.1, 0.15) is 61.1 Å². The molecule has 20 nitrogen and oxygen atoms in total. The van der Waals surface area contributed by atoms with E-state index in [-0.39, 0.29) is 21.5 Å². The van der Waals surface area contributed by atoms with Gasteiger partial charge in [0.25, 0.3) is 0 Å². The largest absolute Gasteiger partial charge is 0.510 e. The number of halogens is 1. The van der Waals surface area contributed by atoms with Crippen molar-refractivity contribution in [3.8, 4) is 6.07 Å². The summed E-state index contributed by atoms with van der Waals surface area (Å²) in [7, 11) is -4.89. The molecule has 2 aromatic heterocycles. The van der Waals surface area contributed by atoms with Gasteiger partial charge in [-0.1, -0.05) is 27.7 Å². The average Bonchev–Trinajstić information content (AvgIpc) is 3.53. The Bertz CT molecular complexity index is 1660. The molecule has 4 unspecified atom stereocenters. The maximum Gasteiger partial charge on any atom is 0.510 e. The van der Waals surface area contributed by atoms with Crippen molar-refractivity contribution in [1.29, 1.82) is 5.26 Å². The maximum absolute atomic E-state index is 13.8. The first-order valence-corrected chi connectivity index (χ1v) is 18.1. The van der Waals surface area contributed by atoms with Gasteiger partial charge in [0.2, 0.25) is 19.2 Å². The van der Waals surface area contributed by atoms with Crippen LogP contribution in [-0.2, 0) is 66.5 Å². The smallest absolute Gasteiger partial charge is 0.455 e. The van der Waals surface area contributed by atoms with Crippen molar-refractivity contribution in [3.63, 3.8) is 0 Å². The van der Waals surface area contributed by atoms with Crippen LogP contribution in [0.4, 0.5) is 15.4 Å². The van der Waals surface area contributed by atoms with Gasteiger partial charge in [-0.25, -0.2) is 32.7 Å². The lowest BCUT2D eigenvalue weighted by Gasteiger charge is -2.30. The normalized spacial score (nSPS) is 20.3. The van der Waals surface area contributed by atoms with Crippen LogP contribution in [0.3, 0.4) is 0 Å². The molecule has 3 heterocycles. The number of phosphoric acid groups is 1. The molecular formula is C30H41BrN5O15P. The summed E-state index contributed by atoms with van der Waals surface area (Å²) in [5.41, 5.74) is 3.97. The van der Waals surface area contributed by atoms with E-state index in [9.17, 15) is 29.0 Å². The number of rotatable bonds is 16. The lowest BCUT2D eigenvalue weighted by atomic mass is 9.91. The van der Waals surface area contributed by atoms with Crippen molar-refractivity contribution in [2.75, 3.05) is 25.9 Å². The van der Waals surface area contributed by atoms with Crippen LogP contribution in [0.5, 0.6) is 0 Å². The number of nitrogens with zero attached hydrogens (tertiary/aromatic N) is 4. The van der Waals surface area contributed by atoms with Gasteiger partial charge in [0.1, 0.15) is 29.7 Å². The molecule has 4 atom stereocenters. The number of ether oxygens (including phenoxy) is 7. The number of phosphoric ester groups is 1. The van der Waals surface area contributed by atoms with Crippen LogP contribution in [0, 0.1) is 23.2 Å². The molecule has 3 rings (SSSR count). The molecule has 0 amide bonds. The molecule has 52 heavy (non-hydrogen) atoms. The lowest BCUT2D eigenvalue weighted by Crippen LogP contribution is -2.47. The zero-order chi connectivity index (χ0) is 39.0. The number of hydrogen-bond acceptors (Lipinski definition) is 19. The first-order valence-electron chi connectivity index (χ1n) is 15.8. The molecule has 22 heteroatoms. The Morgan fingerprint density at radius 1 is 0.962 bits per heavy atom. The van der Waals surface area contributed by atoms with E-state index in [0.29, 0.717) is 0 Å². The number of nitriles is 1. The van der Waals surface area contributed by atoms with Gasteiger partial charge in [-0.2, -0.15) is 10.4 Å². The number of aromatic nitrogens is 3. The predicted octanol–water partition coefficient (Wildman–Crippen LogP) is 4.52. The van der Waals surface area contributed by atoms with E-state index < -0.39 is 100 Å². The fourth-order valence-corrected chi connectivity index (χ4v) is 6.00. The second-order valence-corrected chi connectivity index (χ2v) is 14.7. The van der Waals surface area contributed by atoms with Gasteiger partial charge in [0.15, 0.2) is 18.0 Å². The van der Waals surface area contributed by atoms with Crippen LogP contribution in [0.2, 0.25) is 0 Å². The third kappa shape index (κ3) is 10.5. The highest BCUT2D eigenvalue weighted by atomic mass is 79.9. The van der Waals surface area contributed by atoms with Crippen molar-refractivity contribution in [2.24, 2.45) is 11.8 Å². The second-order valence-electron chi connectivity index (χ2n) is 12.2. The van der Waals surface area contributed by atoms with Gasteiger partial charge >= 0.3 is 32.1 Å². The molecule has 1 fully saturated rings. The van der Waals surface area contributed by atoms with Crippen LogP contribution in [0.25, 0.3) is 5.52 Å². The molecule has 0 aliphatic carbocycles. The molecule has 0 radical (unpaired) electrons. The second kappa shape index (κ2) is 18.1. The van der Waals surface area contributed by atoms with Crippen molar-refractivity contribution in [1.82, 2.24) is 14.6 Å². The first-order chi connectivity index (χ1) is 24.3. The number of esters is 2. The Balaban J connectivity index is 2.06. The molecule has 0 saturated carbocycles. The Morgan fingerprint density at radius 3 is 2.00 bits per heavy atom. The highest BCUT2D eigenvalue weighted by Gasteiger charge is 2.63. The molecule has 2 N–H and O–H groups in total. The van der Waals surface area contributed by atoms with Gasteiger partial charge in [-0.15, -0.1) is 0 Å². The summed E-state index contributed by atoms with van der Waals surface area (Å²) in [6.45, 7) is 9.48. The van der Waals surface area contributed by atoms with Crippen molar-refractivity contribution >= 4 is 59.3 Å². The summed E-state index contributed by atoms with van der Waals surface area (Å²) in [6.07, 6.45) is -7.21. The minimum Gasteiger partial charge on any atom is -0.455 e. The maximum atomic E-state index is 13.8. The summed E-state index contributed by atoms with van der Waals surface area (Å²) in [6, 6.07) is 3.54. The van der Waals surface area contributed by atoms with E-state index in [4.69, 9.17) is 52.5 Å². The van der Waals surface area contributed by atoms with Gasteiger partial charge < -0.3 is 38.9 Å². The van der Waals surface area contributed by atoms with Crippen molar-refractivity contribution in [3.05, 3.63) is 22.6 Å². The van der Waals surface area contributed by atoms with Crippen LogP contribution < -0.4 is 5.73 Å². The van der Waals surface area contributed by atoms with Gasteiger partial charge in [-0.3, -0.25) is 14.1 Å². The summed E-state index contributed by atoms with van der Waals surface area (Å²) in [5.74, 6) is -2.98. The third-order valence-corrected chi connectivity index (χ3v) is 8.66. The van der Waals surface area contributed by atoms with Crippen LogP contribution >= 0.6 is 23.8 Å². The number of carbonyl (C=O) groups is 4.